The minimum Gasteiger partial charge on any atom is -0.460 e. The zero-order valence-corrected chi connectivity index (χ0v) is 30.7. The van der Waals surface area contributed by atoms with E-state index in [1.165, 1.54) is 13.8 Å². The lowest BCUT2D eigenvalue weighted by atomic mass is 10.0. The minimum atomic E-state index is -0.785. The first-order valence-corrected chi connectivity index (χ1v) is 17.3. The number of ether oxygens (including phenoxy) is 5. The van der Waals surface area contributed by atoms with Gasteiger partial charge in [0.2, 0.25) is 6.79 Å². The molecule has 0 rings (SSSR count). The standard InChI is InChI=1S/C35H64N2O11/c1-8-9-16-20-32(48-35(43)27-37(6,7)23-25-45-30(3)39)31(40)19-17-14-12-10-11-13-15-18-21-33(41)46-28-47-34(42)26-36(4,5)22-24-44-29(2)38/h14,17,31-32,40H,8-13,15-16,18-28H2,1-7H3/q+2. The van der Waals surface area contributed by atoms with Crippen LogP contribution in [0.4, 0.5) is 0 Å². The average Bonchev–Trinajstić information content (AvgIpc) is 2.96. The van der Waals surface area contributed by atoms with E-state index in [1.54, 1.807) is 0 Å². The number of carbonyl (C=O) groups is 5. The van der Waals surface area contributed by atoms with Gasteiger partial charge in [-0.05, 0) is 38.5 Å². The second-order valence-electron chi connectivity index (χ2n) is 13.6. The lowest BCUT2D eigenvalue weighted by Crippen LogP contribution is -2.47. The van der Waals surface area contributed by atoms with Crippen LogP contribution in [0, 0.1) is 0 Å². The van der Waals surface area contributed by atoms with E-state index in [4.69, 9.17) is 23.7 Å². The van der Waals surface area contributed by atoms with Gasteiger partial charge in [0.1, 0.15) is 32.4 Å². The molecule has 0 aliphatic carbocycles. The number of hydrogen-bond donors (Lipinski definition) is 1. The molecule has 13 heteroatoms. The van der Waals surface area contributed by atoms with E-state index in [1.807, 2.05) is 40.3 Å². The lowest BCUT2D eigenvalue weighted by Gasteiger charge is -2.30. The first-order chi connectivity index (χ1) is 22.6. The fourth-order valence-corrected chi connectivity index (χ4v) is 4.71. The summed E-state index contributed by atoms with van der Waals surface area (Å²) in [5.41, 5.74) is 0. The van der Waals surface area contributed by atoms with E-state index in [2.05, 4.69) is 6.92 Å². The van der Waals surface area contributed by atoms with Crippen LogP contribution in [0.3, 0.4) is 0 Å². The minimum absolute atomic E-state index is 0.0594. The molecular formula is C35H64N2O11+2. The van der Waals surface area contributed by atoms with Gasteiger partial charge in [-0.25, -0.2) is 9.59 Å². The van der Waals surface area contributed by atoms with Gasteiger partial charge in [0.05, 0.1) is 34.3 Å². The number of hydrogen-bond acceptors (Lipinski definition) is 11. The maximum Gasteiger partial charge on any atom is 0.364 e. The summed E-state index contributed by atoms with van der Waals surface area (Å²) >= 11 is 0. The predicted molar refractivity (Wildman–Crippen MR) is 180 cm³/mol. The van der Waals surface area contributed by atoms with Crippen LogP contribution in [0.25, 0.3) is 0 Å². The summed E-state index contributed by atoms with van der Waals surface area (Å²) in [7, 11) is 7.36. The van der Waals surface area contributed by atoms with Crippen molar-refractivity contribution in [2.75, 3.05) is 74.4 Å². The van der Waals surface area contributed by atoms with E-state index in [0.717, 1.165) is 51.4 Å². The van der Waals surface area contributed by atoms with Crippen LogP contribution in [0.15, 0.2) is 12.2 Å². The Morgan fingerprint density at radius 3 is 1.79 bits per heavy atom. The molecule has 0 saturated carbocycles. The molecule has 0 aliphatic rings. The van der Waals surface area contributed by atoms with Gasteiger partial charge in [-0.15, -0.1) is 0 Å². The normalized spacial score (nSPS) is 13.1. The molecule has 0 aromatic carbocycles. The van der Waals surface area contributed by atoms with Crippen LogP contribution in [0.5, 0.6) is 0 Å². The van der Waals surface area contributed by atoms with Crippen LogP contribution in [-0.2, 0) is 47.7 Å². The topological polar surface area (TPSA) is 152 Å². The van der Waals surface area contributed by atoms with Crippen LogP contribution < -0.4 is 0 Å². The van der Waals surface area contributed by atoms with Crippen LogP contribution in [0.2, 0.25) is 0 Å². The Labute approximate surface area is 288 Å². The summed E-state index contributed by atoms with van der Waals surface area (Å²) in [6.07, 6.45) is 12.2. The van der Waals surface area contributed by atoms with E-state index in [9.17, 15) is 29.1 Å². The van der Waals surface area contributed by atoms with Crippen LogP contribution >= 0.6 is 0 Å². The number of rotatable bonds is 28. The summed E-state index contributed by atoms with van der Waals surface area (Å²) in [6.45, 7) is 5.90. The quantitative estimate of drug-likeness (QED) is 0.0319. The molecule has 13 nitrogen and oxygen atoms in total. The molecule has 48 heavy (non-hydrogen) atoms. The molecule has 0 amide bonds. The number of likely N-dealkylation sites (N-methyl/N-ethyl adjacent to an activating group) is 2. The highest BCUT2D eigenvalue weighted by atomic mass is 16.7. The number of aliphatic hydroxyl groups excluding tert-OH is 1. The van der Waals surface area contributed by atoms with E-state index in [0.29, 0.717) is 36.8 Å². The first-order valence-electron chi connectivity index (χ1n) is 17.3. The number of esters is 5. The smallest absolute Gasteiger partial charge is 0.364 e. The summed E-state index contributed by atoms with van der Waals surface area (Å²) < 4.78 is 26.2. The molecule has 0 radical (unpaired) electrons. The van der Waals surface area contributed by atoms with Gasteiger partial charge in [-0.1, -0.05) is 51.2 Å². The third-order valence-corrected chi connectivity index (χ3v) is 7.66. The van der Waals surface area contributed by atoms with Crippen LogP contribution in [-0.4, -0.2) is 131 Å². The molecule has 0 bridgehead atoms. The van der Waals surface area contributed by atoms with Crippen molar-refractivity contribution in [2.24, 2.45) is 0 Å². The average molecular weight is 689 g/mol. The highest BCUT2D eigenvalue weighted by Gasteiger charge is 2.27. The molecule has 278 valence electrons. The van der Waals surface area contributed by atoms with E-state index >= 15 is 0 Å². The number of unbranched alkanes of at least 4 members (excludes halogenated alkanes) is 7. The van der Waals surface area contributed by atoms with Crippen molar-refractivity contribution in [2.45, 2.75) is 110 Å². The van der Waals surface area contributed by atoms with Crippen molar-refractivity contribution in [3.63, 3.8) is 0 Å². The van der Waals surface area contributed by atoms with E-state index < -0.39 is 30.9 Å². The van der Waals surface area contributed by atoms with Gasteiger partial charge in [0.25, 0.3) is 0 Å². The molecule has 0 saturated heterocycles. The Bertz CT molecular complexity index is 982. The van der Waals surface area contributed by atoms with Crippen molar-refractivity contribution in [3.8, 4) is 0 Å². The molecule has 0 aromatic rings. The maximum atomic E-state index is 12.7. The number of aliphatic hydroxyl groups is 1. The van der Waals surface area contributed by atoms with Crippen LogP contribution in [0.1, 0.15) is 97.8 Å². The van der Waals surface area contributed by atoms with Gasteiger partial charge in [0.15, 0.2) is 13.1 Å². The molecule has 0 fully saturated rings. The number of allylic oxidation sites excluding steroid dienone is 1. The van der Waals surface area contributed by atoms with Gasteiger partial charge in [-0.3, -0.25) is 14.4 Å². The highest BCUT2D eigenvalue weighted by Crippen LogP contribution is 2.16. The Morgan fingerprint density at radius 1 is 0.667 bits per heavy atom. The SMILES string of the molecule is CCCCCC(OC(=O)C[N+](C)(C)CCOC(C)=O)C(O)CC=CCCCCCCCC(=O)OCOC(=O)C[N+](C)(C)CCOC(C)=O. The Hall–Kier alpha value is -3.03. The van der Waals surface area contributed by atoms with Crippen molar-refractivity contribution in [1.82, 2.24) is 0 Å². The van der Waals surface area contributed by atoms with Crippen molar-refractivity contribution in [3.05, 3.63) is 12.2 Å². The highest BCUT2D eigenvalue weighted by molar-refractivity contribution is 5.72. The largest absolute Gasteiger partial charge is 0.460 e. The van der Waals surface area contributed by atoms with Crippen molar-refractivity contribution in [1.29, 1.82) is 0 Å². The van der Waals surface area contributed by atoms with Gasteiger partial charge in [0, 0.05) is 20.3 Å². The second kappa shape index (κ2) is 25.9. The summed E-state index contributed by atoms with van der Waals surface area (Å²) in [6, 6.07) is 0. The zero-order chi connectivity index (χ0) is 36.4. The Morgan fingerprint density at radius 2 is 1.21 bits per heavy atom. The first kappa shape index (κ1) is 45.0. The molecule has 2 atom stereocenters. The molecule has 0 aliphatic heterocycles. The summed E-state index contributed by atoms with van der Waals surface area (Å²) in [5, 5.41) is 10.8. The molecule has 0 spiro atoms. The Balaban J connectivity index is 4.21. The third-order valence-electron chi connectivity index (χ3n) is 7.66. The summed E-state index contributed by atoms with van der Waals surface area (Å²) in [4.78, 5) is 58.5. The maximum absolute atomic E-state index is 12.7. The molecule has 0 heterocycles. The summed E-state index contributed by atoms with van der Waals surface area (Å²) in [5.74, 6) is -2.02. The number of quaternary nitrogens is 2. The van der Waals surface area contributed by atoms with Crippen molar-refractivity contribution >= 4 is 29.8 Å². The van der Waals surface area contributed by atoms with E-state index in [-0.39, 0.29) is 55.1 Å². The molecule has 1 N–H and O–H groups in total. The predicted octanol–water partition coefficient (Wildman–Crippen LogP) is 3.84. The van der Waals surface area contributed by atoms with Gasteiger partial charge in [-0.2, -0.15) is 0 Å². The zero-order valence-electron chi connectivity index (χ0n) is 30.7. The second-order valence-corrected chi connectivity index (χ2v) is 13.6. The molecule has 0 aromatic heterocycles. The molecule has 2 unspecified atom stereocenters. The fraction of sp³-hybridized carbons (Fsp3) is 0.800. The van der Waals surface area contributed by atoms with Gasteiger partial charge < -0.3 is 37.8 Å². The number of carbonyl (C=O) groups excluding carboxylic acids is 5. The lowest BCUT2D eigenvalue weighted by molar-refractivity contribution is -0.883. The molecular weight excluding hydrogens is 624 g/mol. The third kappa shape index (κ3) is 27.0. The van der Waals surface area contributed by atoms with Crippen molar-refractivity contribution < 1.29 is 61.7 Å². The van der Waals surface area contributed by atoms with Gasteiger partial charge >= 0.3 is 29.8 Å². The number of nitrogens with zero attached hydrogens (tertiary/aromatic N) is 2. The Kier molecular flexibility index (Phi) is 24.3. The monoisotopic (exact) mass is 688 g/mol. The fourth-order valence-electron chi connectivity index (χ4n) is 4.71.